The van der Waals surface area contributed by atoms with Crippen LogP contribution in [0.1, 0.15) is 21.9 Å². The molecule has 0 radical (unpaired) electrons. The van der Waals surface area contributed by atoms with Gasteiger partial charge in [0.25, 0.3) is 5.91 Å². The van der Waals surface area contributed by atoms with Gasteiger partial charge in [-0.3, -0.25) is 4.79 Å². The maximum absolute atomic E-state index is 12.8. The summed E-state index contributed by atoms with van der Waals surface area (Å²) in [6.07, 6.45) is 6.89. The first-order chi connectivity index (χ1) is 10.6. The van der Waals surface area contributed by atoms with Crippen molar-refractivity contribution in [2.24, 2.45) is 7.05 Å². The normalized spacial score (nSPS) is 11.2. The molecule has 0 aromatic carbocycles. The van der Waals surface area contributed by atoms with E-state index in [2.05, 4.69) is 15.1 Å². The lowest BCUT2D eigenvalue weighted by molar-refractivity contribution is 0.0707. The van der Waals surface area contributed by atoms with Gasteiger partial charge in [-0.25, -0.2) is 9.50 Å². The highest BCUT2D eigenvalue weighted by molar-refractivity contribution is 5.99. The molecule has 2 N–H and O–H groups in total. The molecule has 0 spiro atoms. The standard InChI is InChI=1S/C14H18N6O2/c1-10-15-7-11(17-10)9-19(5-6-21)14(22)12-8-16-20-4-3-18(2)13(12)20/h3-4,7-8,21H,5-6,9H2,1-2H3,(H,15,17). The molecule has 116 valence electrons. The Balaban J connectivity index is 1.90. The van der Waals surface area contributed by atoms with Gasteiger partial charge in [-0.2, -0.15) is 5.10 Å². The summed E-state index contributed by atoms with van der Waals surface area (Å²) in [5.41, 5.74) is 2.07. The van der Waals surface area contributed by atoms with Gasteiger partial charge < -0.3 is 19.6 Å². The van der Waals surface area contributed by atoms with Gasteiger partial charge in [-0.05, 0) is 6.92 Å². The van der Waals surface area contributed by atoms with E-state index in [-0.39, 0.29) is 19.1 Å². The molecule has 0 unspecified atom stereocenters. The third-order valence-electron chi connectivity index (χ3n) is 3.54. The summed E-state index contributed by atoms with van der Waals surface area (Å²) in [6, 6.07) is 0. The van der Waals surface area contributed by atoms with Gasteiger partial charge >= 0.3 is 0 Å². The first-order valence-corrected chi connectivity index (χ1v) is 6.99. The van der Waals surface area contributed by atoms with E-state index in [4.69, 9.17) is 0 Å². The van der Waals surface area contributed by atoms with Crippen molar-refractivity contribution < 1.29 is 9.90 Å². The Morgan fingerprint density at radius 3 is 2.91 bits per heavy atom. The molecule has 3 rings (SSSR count). The van der Waals surface area contributed by atoms with Crippen molar-refractivity contribution >= 4 is 11.6 Å². The van der Waals surface area contributed by atoms with Crippen LogP contribution in [0, 0.1) is 6.92 Å². The van der Waals surface area contributed by atoms with E-state index in [0.717, 1.165) is 17.2 Å². The molecule has 3 aromatic rings. The highest BCUT2D eigenvalue weighted by Crippen LogP contribution is 2.15. The Bertz CT molecular complexity index is 799. The zero-order chi connectivity index (χ0) is 15.7. The molecule has 3 heterocycles. The Kier molecular flexibility index (Phi) is 3.68. The SMILES string of the molecule is Cc1ncc(CN(CCO)C(=O)c2cnn3ccn(C)c23)[nH]1. The van der Waals surface area contributed by atoms with Gasteiger partial charge in [-0.1, -0.05) is 0 Å². The zero-order valence-electron chi connectivity index (χ0n) is 12.5. The van der Waals surface area contributed by atoms with E-state index >= 15 is 0 Å². The molecular weight excluding hydrogens is 284 g/mol. The minimum atomic E-state index is -0.168. The molecule has 0 aliphatic carbocycles. The minimum Gasteiger partial charge on any atom is -0.395 e. The molecule has 8 heteroatoms. The number of hydrogen-bond acceptors (Lipinski definition) is 4. The third kappa shape index (κ3) is 2.48. The number of amides is 1. The summed E-state index contributed by atoms with van der Waals surface area (Å²) in [7, 11) is 1.86. The van der Waals surface area contributed by atoms with Gasteiger partial charge in [0.2, 0.25) is 0 Å². The lowest BCUT2D eigenvalue weighted by Gasteiger charge is -2.20. The number of hydrogen-bond donors (Lipinski definition) is 2. The molecule has 0 bridgehead atoms. The predicted molar refractivity (Wildman–Crippen MR) is 79.3 cm³/mol. The van der Waals surface area contributed by atoms with Crippen molar-refractivity contribution in [3.05, 3.63) is 41.9 Å². The number of imidazole rings is 2. The quantitative estimate of drug-likeness (QED) is 0.711. The monoisotopic (exact) mass is 302 g/mol. The number of nitrogens with one attached hydrogen (secondary N) is 1. The molecular formula is C14H18N6O2. The first kappa shape index (κ1) is 14.3. The van der Waals surface area contributed by atoms with E-state index in [0.29, 0.717) is 12.1 Å². The van der Waals surface area contributed by atoms with Crippen LogP contribution in [0.2, 0.25) is 0 Å². The number of aliphatic hydroxyl groups excluding tert-OH is 1. The number of fused-ring (bicyclic) bond motifs is 1. The average molecular weight is 302 g/mol. The molecule has 0 atom stereocenters. The second kappa shape index (κ2) is 5.64. The average Bonchev–Trinajstić information content (AvgIpc) is 3.17. The molecule has 22 heavy (non-hydrogen) atoms. The summed E-state index contributed by atoms with van der Waals surface area (Å²) >= 11 is 0. The highest BCUT2D eigenvalue weighted by atomic mass is 16.3. The molecule has 0 saturated carbocycles. The molecule has 3 aromatic heterocycles. The van der Waals surface area contributed by atoms with Crippen molar-refractivity contribution in [3.8, 4) is 0 Å². The maximum atomic E-state index is 12.8. The Hall–Kier alpha value is -2.61. The number of H-pyrrole nitrogens is 1. The summed E-state index contributed by atoms with van der Waals surface area (Å²) in [5.74, 6) is 0.625. The minimum absolute atomic E-state index is 0.101. The van der Waals surface area contributed by atoms with E-state index in [1.54, 1.807) is 28.0 Å². The van der Waals surface area contributed by atoms with Crippen LogP contribution < -0.4 is 0 Å². The van der Waals surface area contributed by atoms with Crippen molar-refractivity contribution in [3.63, 3.8) is 0 Å². The second-order valence-corrected chi connectivity index (χ2v) is 5.18. The van der Waals surface area contributed by atoms with Gasteiger partial charge in [-0.15, -0.1) is 0 Å². The number of rotatable bonds is 5. The van der Waals surface area contributed by atoms with Crippen molar-refractivity contribution in [2.45, 2.75) is 13.5 Å². The van der Waals surface area contributed by atoms with E-state index in [1.807, 2.05) is 24.7 Å². The topological polar surface area (TPSA) is 91.4 Å². The fourth-order valence-electron chi connectivity index (χ4n) is 2.50. The fourth-order valence-corrected chi connectivity index (χ4v) is 2.50. The largest absolute Gasteiger partial charge is 0.395 e. The van der Waals surface area contributed by atoms with Crippen LogP contribution in [-0.4, -0.2) is 53.2 Å². The van der Waals surface area contributed by atoms with Gasteiger partial charge in [0.15, 0.2) is 0 Å². The second-order valence-electron chi connectivity index (χ2n) is 5.18. The Morgan fingerprint density at radius 2 is 2.23 bits per heavy atom. The first-order valence-electron chi connectivity index (χ1n) is 6.99. The third-order valence-corrected chi connectivity index (χ3v) is 3.54. The van der Waals surface area contributed by atoms with Crippen LogP contribution in [-0.2, 0) is 13.6 Å². The van der Waals surface area contributed by atoms with Crippen LogP contribution in [0.3, 0.4) is 0 Å². The van der Waals surface area contributed by atoms with Crippen molar-refractivity contribution in [1.29, 1.82) is 0 Å². The molecule has 1 amide bonds. The fraction of sp³-hybridized carbons (Fsp3) is 0.357. The van der Waals surface area contributed by atoms with Crippen LogP contribution >= 0.6 is 0 Å². The molecule has 0 saturated heterocycles. The van der Waals surface area contributed by atoms with Crippen molar-refractivity contribution in [2.75, 3.05) is 13.2 Å². The van der Waals surface area contributed by atoms with Crippen LogP contribution in [0.15, 0.2) is 24.8 Å². The van der Waals surface area contributed by atoms with Gasteiger partial charge in [0, 0.05) is 26.0 Å². The van der Waals surface area contributed by atoms with Gasteiger partial charge in [0.05, 0.1) is 31.2 Å². The number of nitrogens with zero attached hydrogens (tertiary/aromatic N) is 5. The van der Waals surface area contributed by atoms with Crippen molar-refractivity contribution in [1.82, 2.24) is 29.0 Å². The van der Waals surface area contributed by atoms with E-state index < -0.39 is 0 Å². The smallest absolute Gasteiger partial charge is 0.259 e. The van der Waals surface area contributed by atoms with E-state index in [9.17, 15) is 9.90 Å². The van der Waals surface area contributed by atoms with Crippen LogP contribution in [0.25, 0.3) is 5.65 Å². The highest BCUT2D eigenvalue weighted by Gasteiger charge is 2.21. The van der Waals surface area contributed by atoms with E-state index in [1.165, 1.54) is 0 Å². The molecule has 0 fully saturated rings. The zero-order valence-corrected chi connectivity index (χ0v) is 12.5. The van der Waals surface area contributed by atoms with Crippen LogP contribution in [0.5, 0.6) is 0 Å². The molecule has 0 aliphatic heterocycles. The summed E-state index contributed by atoms with van der Waals surface area (Å²) in [4.78, 5) is 21.6. The molecule has 8 nitrogen and oxygen atoms in total. The predicted octanol–water partition coefficient (Wildman–Crippen LogP) is 0.339. The lowest BCUT2D eigenvalue weighted by Crippen LogP contribution is -2.33. The number of aryl methyl sites for hydroxylation is 2. The number of aromatic amines is 1. The Labute approximate surface area is 127 Å². The lowest BCUT2D eigenvalue weighted by atomic mass is 10.2. The summed E-state index contributed by atoms with van der Waals surface area (Å²) in [6.45, 7) is 2.37. The number of aromatic nitrogens is 5. The van der Waals surface area contributed by atoms with Gasteiger partial charge in [0.1, 0.15) is 17.0 Å². The Morgan fingerprint density at radius 1 is 1.41 bits per heavy atom. The number of carbonyl (C=O) groups excluding carboxylic acids is 1. The summed E-state index contributed by atoms with van der Waals surface area (Å²) in [5, 5.41) is 13.4. The molecule has 0 aliphatic rings. The number of carbonyl (C=O) groups is 1. The van der Waals surface area contributed by atoms with Crippen LogP contribution in [0.4, 0.5) is 0 Å². The summed E-state index contributed by atoms with van der Waals surface area (Å²) < 4.78 is 3.50. The number of aliphatic hydroxyl groups is 1. The maximum Gasteiger partial charge on any atom is 0.259 e.